The Morgan fingerprint density at radius 3 is 1.07 bits per heavy atom. The van der Waals surface area contributed by atoms with Gasteiger partial charge in [-0.05, 0) is 77.0 Å². The Morgan fingerprint density at radius 2 is 0.672 bits per heavy atom. The number of allylic oxidation sites excluding steroid dienone is 8. The third-order valence-corrected chi connectivity index (χ3v) is 10.6. The highest BCUT2D eigenvalue weighted by Crippen LogP contribution is 2.14. The van der Waals surface area contributed by atoms with Crippen LogP contribution in [0.25, 0.3) is 0 Å². The highest BCUT2D eigenvalue weighted by Gasteiger charge is 2.19. The van der Waals surface area contributed by atoms with Crippen LogP contribution < -0.4 is 0 Å². The first kappa shape index (κ1) is 55.4. The van der Waals surface area contributed by atoms with Crippen LogP contribution in [0.5, 0.6) is 0 Å². The molecule has 0 spiro atoms. The number of ether oxygens (including phenoxy) is 3. The maximum Gasteiger partial charge on any atom is 0.306 e. The molecule has 6 nitrogen and oxygen atoms in total. The number of carbonyl (C=O) groups is 3. The second kappa shape index (κ2) is 47.1. The Kier molecular flexibility index (Phi) is 44.9. The van der Waals surface area contributed by atoms with E-state index in [0.29, 0.717) is 19.3 Å². The van der Waals surface area contributed by atoms with Crippen molar-refractivity contribution in [2.75, 3.05) is 13.2 Å². The number of unbranched alkanes of at least 4 members (excludes halogenated alkanes) is 25. The van der Waals surface area contributed by atoms with Crippen LogP contribution in [0.1, 0.15) is 245 Å². The van der Waals surface area contributed by atoms with Gasteiger partial charge < -0.3 is 14.2 Å². The predicted molar refractivity (Wildman–Crippen MR) is 247 cm³/mol. The molecule has 0 aliphatic heterocycles. The van der Waals surface area contributed by atoms with Gasteiger partial charge in [0.05, 0.1) is 0 Å². The Balaban J connectivity index is 4.28. The maximum absolute atomic E-state index is 12.7. The summed E-state index contributed by atoms with van der Waals surface area (Å²) in [6.45, 7) is 6.47. The van der Waals surface area contributed by atoms with E-state index >= 15 is 0 Å². The fourth-order valence-corrected chi connectivity index (χ4v) is 6.86. The van der Waals surface area contributed by atoms with Gasteiger partial charge >= 0.3 is 17.9 Å². The molecule has 0 aliphatic rings. The lowest BCUT2D eigenvalue weighted by atomic mass is 10.1. The monoisotopic (exact) mass is 813 g/mol. The van der Waals surface area contributed by atoms with Crippen LogP contribution >= 0.6 is 0 Å². The highest BCUT2D eigenvalue weighted by atomic mass is 16.6. The van der Waals surface area contributed by atoms with Gasteiger partial charge in [-0.15, -0.1) is 0 Å². The molecule has 0 N–H and O–H groups in total. The van der Waals surface area contributed by atoms with Gasteiger partial charge in [0.15, 0.2) is 6.10 Å². The minimum atomic E-state index is -0.779. The topological polar surface area (TPSA) is 78.9 Å². The molecule has 0 aromatic rings. The second-order valence-electron chi connectivity index (χ2n) is 16.3. The van der Waals surface area contributed by atoms with Gasteiger partial charge in [0.25, 0.3) is 0 Å². The molecule has 0 amide bonds. The fraction of sp³-hybridized carbons (Fsp3) is 0.788. The lowest BCUT2D eigenvalue weighted by Crippen LogP contribution is -2.30. The molecule has 0 fully saturated rings. The Bertz CT molecular complexity index is 1030. The highest BCUT2D eigenvalue weighted by molar-refractivity contribution is 5.71. The lowest BCUT2D eigenvalue weighted by molar-refractivity contribution is -0.167. The normalized spacial score (nSPS) is 12.4. The standard InChI is InChI=1S/C52H92O6/c1-4-7-10-13-16-18-20-22-24-25-26-28-29-31-33-36-39-42-45-51(54)57-48-49(47-56-50(53)44-41-38-35-15-12-9-6-3)58-52(55)46-43-40-37-34-32-30-27-23-21-19-17-14-11-8-5-2/h8,11,17,19,23-25,27,49H,4-7,9-10,12-16,18,20-22,26,28-48H2,1-3H3/b11-8-,19-17-,25-24-,27-23-. The molecule has 1 unspecified atom stereocenters. The molecule has 0 aromatic heterocycles. The minimum Gasteiger partial charge on any atom is -0.462 e. The second-order valence-corrected chi connectivity index (χ2v) is 16.3. The van der Waals surface area contributed by atoms with Crippen molar-refractivity contribution in [1.82, 2.24) is 0 Å². The van der Waals surface area contributed by atoms with Crippen LogP contribution in [0.15, 0.2) is 48.6 Å². The summed E-state index contributed by atoms with van der Waals surface area (Å²) in [6, 6.07) is 0. The van der Waals surface area contributed by atoms with Crippen molar-refractivity contribution in [3.8, 4) is 0 Å². The molecule has 58 heavy (non-hydrogen) atoms. The van der Waals surface area contributed by atoms with E-state index in [-0.39, 0.29) is 31.1 Å². The molecule has 0 saturated heterocycles. The molecule has 0 rings (SSSR count). The third kappa shape index (κ3) is 44.5. The van der Waals surface area contributed by atoms with Gasteiger partial charge in [0.1, 0.15) is 13.2 Å². The van der Waals surface area contributed by atoms with Crippen molar-refractivity contribution in [1.29, 1.82) is 0 Å². The van der Waals surface area contributed by atoms with Crippen molar-refractivity contribution in [2.45, 2.75) is 252 Å². The molecule has 6 heteroatoms. The number of carbonyl (C=O) groups excluding carboxylic acids is 3. The van der Waals surface area contributed by atoms with Crippen LogP contribution in [0.3, 0.4) is 0 Å². The summed E-state index contributed by atoms with van der Waals surface area (Å²) >= 11 is 0. The van der Waals surface area contributed by atoms with Crippen LogP contribution in [0.4, 0.5) is 0 Å². The quantitative estimate of drug-likeness (QED) is 0.0264. The molecular weight excluding hydrogens is 721 g/mol. The first-order valence-corrected chi connectivity index (χ1v) is 24.6. The van der Waals surface area contributed by atoms with E-state index in [0.717, 1.165) is 96.3 Å². The van der Waals surface area contributed by atoms with Gasteiger partial charge in [-0.25, -0.2) is 0 Å². The van der Waals surface area contributed by atoms with Crippen molar-refractivity contribution in [3.05, 3.63) is 48.6 Å². The molecule has 0 radical (unpaired) electrons. The van der Waals surface area contributed by atoms with Crippen molar-refractivity contribution < 1.29 is 28.6 Å². The summed E-state index contributed by atoms with van der Waals surface area (Å²) in [5, 5.41) is 0. The molecular formula is C52H92O6. The lowest BCUT2D eigenvalue weighted by Gasteiger charge is -2.18. The summed E-state index contributed by atoms with van der Waals surface area (Å²) in [5.74, 6) is -0.905. The van der Waals surface area contributed by atoms with Gasteiger partial charge in [-0.3, -0.25) is 14.4 Å². The smallest absolute Gasteiger partial charge is 0.306 e. The van der Waals surface area contributed by atoms with Crippen molar-refractivity contribution in [3.63, 3.8) is 0 Å². The van der Waals surface area contributed by atoms with E-state index in [1.54, 1.807) is 0 Å². The first-order valence-electron chi connectivity index (χ1n) is 24.6. The summed E-state index contributed by atoms with van der Waals surface area (Å²) in [7, 11) is 0. The summed E-state index contributed by atoms with van der Waals surface area (Å²) < 4.78 is 16.7. The molecule has 0 aliphatic carbocycles. The average molecular weight is 813 g/mol. The molecule has 0 aromatic carbocycles. The van der Waals surface area contributed by atoms with Crippen LogP contribution in [-0.4, -0.2) is 37.2 Å². The van der Waals surface area contributed by atoms with Crippen molar-refractivity contribution >= 4 is 17.9 Å². The zero-order valence-electron chi connectivity index (χ0n) is 38.3. The molecule has 336 valence electrons. The Hall–Kier alpha value is -2.63. The van der Waals surface area contributed by atoms with Gasteiger partial charge in [-0.1, -0.05) is 198 Å². The molecule has 0 saturated carbocycles. The number of esters is 3. The largest absolute Gasteiger partial charge is 0.462 e. The summed E-state index contributed by atoms with van der Waals surface area (Å²) in [6.07, 6.45) is 55.4. The number of hydrogen-bond donors (Lipinski definition) is 0. The first-order chi connectivity index (χ1) is 28.5. The fourth-order valence-electron chi connectivity index (χ4n) is 6.86. The van der Waals surface area contributed by atoms with E-state index in [2.05, 4.69) is 69.4 Å². The van der Waals surface area contributed by atoms with Crippen molar-refractivity contribution in [2.24, 2.45) is 0 Å². The molecule has 0 heterocycles. The van der Waals surface area contributed by atoms with Crippen LogP contribution in [0.2, 0.25) is 0 Å². The van der Waals surface area contributed by atoms with Gasteiger partial charge in [-0.2, -0.15) is 0 Å². The Morgan fingerprint density at radius 1 is 0.362 bits per heavy atom. The van der Waals surface area contributed by atoms with E-state index in [9.17, 15) is 14.4 Å². The van der Waals surface area contributed by atoms with Crippen LogP contribution in [-0.2, 0) is 28.6 Å². The zero-order chi connectivity index (χ0) is 42.3. The van der Waals surface area contributed by atoms with Crippen LogP contribution in [0, 0.1) is 0 Å². The summed E-state index contributed by atoms with van der Waals surface area (Å²) in [4.78, 5) is 37.7. The summed E-state index contributed by atoms with van der Waals surface area (Å²) in [5.41, 5.74) is 0. The maximum atomic E-state index is 12.7. The SMILES string of the molecule is CC/C=C\C/C=C\C/C=C\CCCCCCCC(=O)OC(COC(=O)CCCCCCCCC)COC(=O)CCCCCCCCC/C=C\CCCCCCCCC. The van der Waals surface area contributed by atoms with E-state index in [4.69, 9.17) is 14.2 Å². The average Bonchev–Trinajstić information content (AvgIpc) is 3.22. The van der Waals surface area contributed by atoms with E-state index in [1.807, 2.05) is 0 Å². The number of hydrogen-bond acceptors (Lipinski definition) is 6. The number of rotatable bonds is 44. The predicted octanol–water partition coefficient (Wildman–Crippen LogP) is 15.9. The Labute approximate surface area is 358 Å². The zero-order valence-corrected chi connectivity index (χ0v) is 38.3. The van der Waals surface area contributed by atoms with E-state index in [1.165, 1.54) is 109 Å². The third-order valence-electron chi connectivity index (χ3n) is 10.6. The van der Waals surface area contributed by atoms with Gasteiger partial charge in [0, 0.05) is 19.3 Å². The molecule has 1 atom stereocenters. The van der Waals surface area contributed by atoms with Gasteiger partial charge in [0.2, 0.25) is 0 Å². The minimum absolute atomic E-state index is 0.0808. The molecule has 0 bridgehead atoms. The van der Waals surface area contributed by atoms with E-state index < -0.39 is 6.10 Å².